The Morgan fingerprint density at radius 1 is 1.29 bits per heavy atom. The van der Waals surface area contributed by atoms with E-state index in [1.165, 1.54) is 0 Å². The van der Waals surface area contributed by atoms with E-state index in [9.17, 15) is 4.79 Å². The maximum Gasteiger partial charge on any atom is 0.230 e. The quantitative estimate of drug-likeness (QED) is 0.746. The highest BCUT2D eigenvalue weighted by Gasteiger charge is 2.10. The number of aromatic amines is 1. The molecule has 0 bridgehead atoms. The Balaban J connectivity index is 1.72. The second-order valence-electron chi connectivity index (χ2n) is 6.02. The highest BCUT2D eigenvalue weighted by Crippen LogP contribution is 2.23. The third-order valence-corrected chi connectivity index (χ3v) is 3.91. The third-order valence-electron chi connectivity index (χ3n) is 3.67. The number of benzene rings is 1. The van der Waals surface area contributed by atoms with Crippen LogP contribution in [0.5, 0.6) is 0 Å². The molecule has 0 atom stereocenters. The molecule has 0 aliphatic heterocycles. The van der Waals surface area contributed by atoms with Crippen LogP contribution in [0.4, 0.5) is 5.82 Å². The van der Waals surface area contributed by atoms with Crippen molar-refractivity contribution < 1.29 is 4.79 Å². The van der Waals surface area contributed by atoms with E-state index in [2.05, 4.69) is 20.2 Å². The van der Waals surface area contributed by atoms with Gasteiger partial charge in [-0.1, -0.05) is 11.6 Å². The van der Waals surface area contributed by atoms with Crippen LogP contribution in [0.25, 0.3) is 10.9 Å². The van der Waals surface area contributed by atoms with Crippen molar-refractivity contribution in [1.29, 1.82) is 0 Å². The fraction of sp³-hybridized carbons (Fsp3) is 0.222. The summed E-state index contributed by atoms with van der Waals surface area (Å²) < 4.78 is 0. The zero-order valence-electron chi connectivity index (χ0n) is 13.6. The van der Waals surface area contributed by atoms with Crippen LogP contribution in [0.2, 0.25) is 5.02 Å². The van der Waals surface area contributed by atoms with Crippen molar-refractivity contribution >= 4 is 34.2 Å². The molecule has 0 unspecified atom stereocenters. The van der Waals surface area contributed by atoms with Crippen molar-refractivity contribution in [2.75, 3.05) is 19.4 Å². The maximum absolute atomic E-state index is 12.3. The molecule has 0 aliphatic carbocycles. The van der Waals surface area contributed by atoms with Crippen LogP contribution in [-0.4, -0.2) is 34.9 Å². The van der Waals surface area contributed by atoms with Gasteiger partial charge in [-0.3, -0.25) is 4.79 Å². The number of anilines is 1. The normalized spacial score (nSPS) is 11.2. The summed E-state index contributed by atoms with van der Waals surface area (Å²) in [5.41, 5.74) is 2.98. The number of hydrogen-bond donors (Lipinski definition) is 2. The van der Waals surface area contributed by atoms with Crippen molar-refractivity contribution in [3.05, 3.63) is 58.9 Å². The largest absolute Gasteiger partial charge is 0.361 e. The van der Waals surface area contributed by atoms with E-state index >= 15 is 0 Å². The summed E-state index contributed by atoms with van der Waals surface area (Å²) in [5.74, 6) is 0.461. The van der Waals surface area contributed by atoms with Crippen molar-refractivity contribution in [3.63, 3.8) is 0 Å². The van der Waals surface area contributed by atoms with Gasteiger partial charge in [-0.2, -0.15) is 0 Å². The standard InChI is InChI=1S/C18H19ClN4O/c1-23(2)11-12-5-6-20-17(7-12)22-18(24)8-13-10-21-16-4-3-14(19)9-15(13)16/h3-7,9-10,21H,8,11H2,1-2H3,(H,20,22,24). The fourth-order valence-electron chi connectivity index (χ4n) is 2.66. The summed E-state index contributed by atoms with van der Waals surface area (Å²) in [5, 5.41) is 4.48. The lowest BCUT2D eigenvalue weighted by Crippen LogP contribution is -2.16. The fourth-order valence-corrected chi connectivity index (χ4v) is 2.84. The molecule has 0 saturated carbocycles. The Bertz CT molecular complexity index is 872. The van der Waals surface area contributed by atoms with E-state index in [1.54, 1.807) is 6.20 Å². The first-order chi connectivity index (χ1) is 11.5. The first-order valence-corrected chi connectivity index (χ1v) is 8.04. The number of carbonyl (C=O) groups is 1. The molecule has 1 aromatic carbocycles. The van der Waals surface area contributed by atoms with Crippen molar-refractivity contribution in [2.24, 2.45) is 0 Å². The highest BCUT2D eigenvalue weighted by atomic mass is 35.5. The van der Waals surface area contributed by atoms with E-state index in [0.717, 1.165) is 28.6 Å². The van der Waals surface area contributed by atoms with Gasteiger partial charge in [0.1, 0.15) is 5.82 Å². The molecule has 2 aromatic heterocycles. The second-order valence-corrected chi connectivity index (χ2v) is 6.45. The van der Waals surface area contributed by atoms with Crippen LogP contribution >= 0.6 is 11.6 Å². The van der Waals surface area contributed by atoms with Gasteiger partial charge in [0.15, 0.2) is 0 Å². The van der Waals surface area contributed by atoms with Crippen molar-refractivity contribution in [3.8, 4) is 0 Å². The van der Waals surface area contributed by atoms with Crippen LogP contribution in [0, 0.1) is 0 Å². The van der Waals surface area contributed by atoms with Crippen LogP contribution in [-0.2, 0) is 17.8 Å². The second kappa shape index (κ2) is 7.03. The average Bonchev–Trinajstić information content (AvgIpc) is 2.89. The topological polar surface area (TPSA) is 61.0 Å². The lowest BCUT2D eigenvalue weighted by atomic mass is 10.1. The monoisotopic (exact) mass is 342 g/mol. The van der Waals surface area contributed by atoms with Gasteiger partial charge in [-0.25, -0.2) is 4.98 Å². The van der Waals surface area contributed by atoms with Crippen LogP contribution < -0.4 is 5.32 Å². The van der Waals surface area contributed by atoms with Gasteiger partial charge in [0.2, 0.25) is 5.91 Å². The molecule has 2 N–H and O–H groups in total. The average molecular weight is 343 g/mol. The van der Waals surface area contributed by atoms with E-state index in [4.69, 9.17) is 11.6 Å². The number of aromatic nitrogens is 2. The van der Waals surface area contributed by atoms with Gasteiger partial charge < -0.3 is 15.2 Å². The van der Waals surface area contributed by atoms with Crippen molar-refractivity contribution in [2.45, 2.75) is 13.0 Å². The number of nitrogens with one attached hydrogen (secondary N) is 2. The molecule has 0 aliphatic rings. The zero-order valence-corrected chi connectivity index (χ0v) is 14.4. The summed E-state index contributed by atoms with van der Waals surface area (Å²) in [6.45, 7) is 0.798. The summed E-state index contributed by atoms with van der Waals surface area (Å²) in [7, 11) is 4.00. The minimum absolute atomic E-state index is 0.106. The minimum atomic E-state index is -0.106. The SMILES string of the molecule is CN(C)Cc1ccnc(NC(=O)Cc2c[nH]c3ccc(Cl)cc23)c1. The molecular weight excluding hydrogens is 324 g/mol. The number of amides is 1. The minimum Gasteiger partial charge on any atom is -0.361 e. The predicted octanol–water partition coefficient (Wildman–Crippen LogP) is 3.46. The number of nitrogens with zero attached hydrogens (tertiary/aromatic N) is 2. The number of halogens is 1. The van der Waals surface area contributed by atoms with Gasteiger partial charge in [0.25, 0.3) is 0 Å². The van der Waals surface area contributed by atoms with Crippen LogP contribution in [0.15, 0.2) is 42.7 Å². The highest BCUT2D eigenvalue weighted by molar-refractivity contribution is 6.31. The van der Waals surface area contributed by atoms with Gasteiger partial charge in [0.05, 0.1) is 6.42 Å². The van der Waals surface area contributed by atoms with Gasteiger partial charge >= 0.3 is 0 Å². The lowest BCUT2D eigenvalue weighted by Gasteiger charge is -2.10. The van der Waals surface area contributed by atoms with Gasteiger partial charge in [0, 0.05) is 34.9 Å². The molecule has 5 nitrogen and oxygen atoms in total. The van der Waals surface area contributed by atoms with Crippen LogP contribution in [0.1, 0.15) is 11.1 Å². The molecule has 124 valence electrons. The Morgan fingerprint density at radius 2 is 2.12 bits per heavy atom. The summed E-state index contributed by atoms with van der Waals surface area (Å²) >= 11 is 6.04. The van der Waals surface area contributed by atoms with E-state index in [-0.39, 0.29) is 12.3 Å². The molecule has 6 heteroatoms. The lowest BCUT2D eigenvalue weighted by molar-refractivity contribution is -0.115. The van der Waals surface area contributed by atoms with Gasteiger partial charge in [-0.15, -0.1) is 0 Å². The summed E-state index contributed by atoms with van der Waals surface area (Å²) in [4.78, 5) is 21.8. The maximum atomic E-state index is 12.3. The van der Waals surface area contributed by atoms with E-state index in [0.29, 0.717) is 10.8 Å². The summed E-state index contributed by atoms with van der Waals surface area (Å²) in [6, 6.07) is 9.43. The summed E-state index contributed by atoms with van der Waals surface area (Å²) in [6.07, 6.45) is 3.82. The smallest absolute Gasteiger partial charge is 0.230 e. The Morgan fingerprint density at radius 3 is 2.92 bits per heavy atom. The Kier molecular flexibility index (Phi) is 4.83. The molecule has 1 amide bonds. The molecule has 0 saturated heterocycles. The number of pyridine rings is 1. The number of fused-ring (bicyclic) bond motifs is 1. The Labute approximate surface area is 145 Å². The molecule has 2 heterocycles. The Hall–Kier alpha value is -2.37. The number of hydrogen-bond acceptors (Lipinski definition) is 3. The first kappa shape index (κ1) is 16.5. The molecule has 0 radical (unpaired) electrons. The molecular formula is C18H19ClN4O. The number of carbonyl (C=O) groups excluding carboxylic acids is 1. The van der Waals surface area contributed by atoms with Crippen LogP contribution in [0.3, 0.4) is 0 Å². The first-order valence-electron chi connectivity index (χ1n) is 7.66. The molecule has 0 fully saturated rings. The van der Waals surface area contributed by atoms with Crippen molar-refractivity contribution in [1.82, 2.24) is 14.9 Å². The number of H-pyrrole nitrogens is 1. The number of rotatable bonds is 5. The molecule has 0 spiro atoms. The third kappa shape index (κ3) is 3.93. The predicted molar refractivity (Wildman–Crippen MR) is 97.3 cm³/mol. The zero-order chi connectivity index (χ0) is 17.1. The molecule has 3 rings (SSSR count). The molecule has 24 heavy (non-hydrogen) atoms. The van der Waals surface area contributed by atoms with E-state index in [1.807, 2.05) is 50.6 Å². The van der Waals surface area contributed by atoms with E-state index < -0.39 is 0 Å². The molecule has 3 aromatic rings. The van der Waals surface area contributed by atoms with Gasteiger partial charge in [-0.05, 0) is 55.6 Å².